The summed E-state index contributed by atoms with van der Waals surface area (Å²) < 4.78 is 10.7. The van der Waals surface area contributed by atoms with Crippen LogP contribution in [0.5, 0.6) is 11.5 Å². The van der Waals surface area contributed by atoms with Crippen molar-refractivity contribution < 1.29 is 19.1 Å². The van der Waals surface area contributed by atoms with E-state index in [-0.39, 0.29) is 29.6 Å². The molecule has 1 aromatic rings. The number of anilines is 1. The summed E-state index contributed by atoms with van der Waals surface area (Å²) in [6.07, 6.45) is 2.60. The minimum Gasteiger partial charge on any atom is -0.493 e. The van der Waals surface area contributed by atoms with E-state index >= 15 is 0 Å². The van der Waals surface area contributed by atoms with Gasteiger partial charge in [0, 0.05) is 36.4 Å². The molecule has 9 heteroatoms. The van der Waals surface area contributed by atoms with E-state index in [4.69, 9.17) is 15.2 Å². The van der Waals surface area contributed by atoms with E-state index < -0.39 is 0 Å². The predicted octanol–water partition coefficient (Wildman–Crippen LogP) is 1.99. The number of rotatable bonds is 4. The van der Waals surface area contributed by atoms with Gasteiger partial charge >= 0.3 is 0 Å². The molecule has 25 heavy (non-hydrogen) atoms. The molecule has 7 nitrogen and oxygen atoms in total. The van der Waals surface area contributed by atoms with Crippen molar-refractivity contribution in [2.75, 3.05) is 32.2 Å². The summed E-state index contributed by atoms with van der Waals surface area (Å²) in [5.74, 6) is 0.782. The lowest BCUT2D eigenvalue weighted by Crippen LogP contribution is -2.26. The van der Waals surface area contributed by atoms with E-state index in [1.165, 1.54) is 0 Å². The number of hydrogen-bond acceptors (Lipinski definition) is 7. The first-order valence-corrected chi connectivity index (χ1v) is 8.35. The SMILES string of the molecule is COc1cc(/C=C2\SC(=O)NC2=O)c(N2CC[C@H](N)C2)cc1OC.Cl. The molecule has 2 heterocycles. The molecule has 0 spiro atoms. The second kappa shape index (κ2) is 7.99. The maximum atomic E-state index is 11.8. The zero-order chi connectivity index (χ0) is 17.3. The van der Waals surface area contributed by atoms with Gasteiger partial charge in [0.2, 0.25) is 0 Å². The third-order valence-corrected chi connectivity index (χ3v) is 4.84. The van der Waals surface area contributed by atoms with Gasteiger partial charge in [-0.25, -0.2) is 0 Å². The number of thioether (sulfide) groups is 1. The lowest BCUT2D eigenvalue weighted by Gasteiger charge is -2.22. The van der Waals surface area contributed by atoms with Gasteiger partial charge in [0.1, 0.15) is 0 Å². The molecular weight excluding hydrogens is 366 g/mol. The molecule has 2 fully saturated rings. The molecule has 0 saturated carbocycles. The molecule has 3 N–H and O–H groups in total. The molecule has 0 bridgehead atoms. The highest BCUT2D eigenvalue weighted by molar-refractivity contribution is 8.18. The van der Waals surface area contributed by atoms with Crippen LogP contribution in [0.25, 0.3) is 6.08 Å². The summed E-state index contributed by atoms with van der Waals surface area (Å²) in [6, 6.07) is 3.80. The first-order chi connectivity index (χ1) is 11.5. The molecule has 2 saturated heterocycles. The van der Waals surface area contributed by atoms with E-state index in [1.54, 1.807) is 20.3 Å². The highest BCUT2D eigenvalue weighted by atomic mass is 35.5. The highest BCUT2D eigenvalue weighted by Crippen LogP contribution is 2.38. The quantitative estimate of drug-likeness (QED) is 0.765. The van der Waals surface area contributed by atoms with Crippen molar-refractivity contribution in [2.24, 2.45) is 5.73 Å². The van der Waals surface area contributed by atoms with Gasteiger partial charge in [-0.1, -0.05) is 0 Å². The Morgan fingerprint density at radius 1 is 1.28 bits per heavy atom. The minimum atomic E-state index is -0.385. The van der Waals surface area contributed by atoms with Crippen LogP contribution in [0.1, 0.15) is 12.0 Å². The van der Waals surface area contributed by atoms with Crippen LogP contribution in [0.3, 0.4) is 0 Å². The summed E-state index contributed by atoms with van der Waals surface area (Å²) in [4.78, 5) is 25.7. The van der Waals surface area contributed by atoms with Gasteiger partial charge in [0.05, 0.1) is 19.1 Å². The van der Waals surface area contributed by atoms with Gasteiger partial charge in [-0.2, -0.15) is 0 Å². The van der Waals surface area contributed by atoms with E-state index in [9.17, 15) is 9.59 Å². The van der Waals surface area contributed by atoms with Crippen molar-refractivity contribution >= 4 is 47.1 Å². The lowest BCUT2D eigenvalue weighted by atomic mass is 10.1. The van der Waals surface area contributed by atoms with Crippen LogP contribution in [0.2, 0.25) is 0 Å². The molecule has 3 rings (SSSR count). The first-order valence-electron chi connectivity index (χ1n) is 7.53. The van der Waals surface area contributed by atoms with Crippen LogP contribution >= 0.6 is 24.2 Å². The molecule has 2 aliphatic rings. The molecule has 0 aromatic heterocycles. The van der Waals surface area contributed by atoms with Crippen molar-refractivity contribution in [1.29, 1.82) is 0 Å². The molecule has 0 unspecified atom stereocenters. The molecule has 2 amide bonds. The number of nitrogens with zero attached hydrogens (tertiary/aromatic N) is 1. The Hall–Kier alpha value is -1.90. The average Bonchev–Trinajstić information content (AvgIpc) is 3.12. The third kappa shape index (κ3) is 4.02. The number of methoxy groups -OCH3 is 2. The van der Waals surface area contributed by atoms with Gasteiger partial charge in [-0.05, 0) is 30.3 Å². The maximum Gasteiger partial charge on any atom is 0.290 e. The van der Waals surface area contributed by atoms with E-state index in [1.807, 2.05) is 12.1 Å². The zero-order valence-corrected chi connectivity index (χ0v) is 15.5. The number of amides is 2. The Bertz CT molecular complexity index is 726. The summed E-state index contributed by atoms with van der Waals surface area (Å²) in [5, 5.41) is 1.90. The molecule has 1 aromatic carbocycles. The van der Waals surface area contributed by atoms with E-state index in [0.717, 1.165) is 42.5 Å². The van der Waals surface area contributed by atoms with Gasteiger partial charge in [-0.3, -0.25) is 14.9 Å². The van der Waals surface area contributed by atoms with E-state index in [2.05, 4.69) is 10.2 Å². The van der Waals surface area contributed by atoms with Crippen molar-refractivity contribution in [3.63, 3.8) is 0 Å². The van der Waals surface area contributed by atoms with Crippen molar-refractivity contribution in [3.8, 4) is 11.5 Å². The predicted molar refractivity (Wildman–Crippen MR) is 101 cm³/mol. The average molecular weight is 386 g/mol. The Labute approximate surface area is 156 Å². The van der Waals surface area contributed by atoms with Crippen LogP contribution in [0.4, 0.5) is 10.5 Å². The number of carbonyl (C=O) groups is 2. The number of halogens is 1. The Kier molecular flexibility index (Phi) is 6.21. The van der Waals surface area contributed by atoms with Gasteiger partial charge in [-0.15, -0.1) is 12.4 Å². The van der Waals surface area contributed by atoms with Gasteiger partial charge < -0.3 is 20.1 Å². The molecule has 0 radical (unpaired) electrons. The molecule has 0 aliphatic carbocycles. The fraction of sp³-hybridized carbons (Fsp3) is 0.375. The maximum absolute atomic E-state index is 11.8. The number of carbonyl (C=O) groups excluding carboxylic acids is 2. The number of ether oxygens (including phenoxy) is 2. The first kappa shape index (κ1) is 19.4. The number of nitrogens with one attached hydrogen (secondary N) is 1. The van der Waals surface area contributed by atoms with Gasteiger partial charge in [0.15, 0.2) is 11.5 Å². The summed E-state index contributed by atoms with van der Waals surface area (Å²) in [7, 11) is 3.13. The molecular formula is C16H20ClN3O4S. The minimum absolute atomic E-state index is 0. The Balaban J connectivity index is 0.00000225. The van der Waals surface area contributed by atoms with Crippen LogP contribution in [-0.2, 0) is 4.79 Å². The summed E-state index contributed by atoms with van der Waals surface area (Å²) in [5.41, 5.74) is 7.71. The lowest BCUT2D eigenvalue weighted by molar-refractivity contribution is -0.115. The van der Waals surface area contributed by atoms with Crippen LogP contribution in [0.15, 0.2) is 17.0 Å². The second-order valence-corrected chi connectivity index (χ2v) is 6.63. The fourth-order valence-electron chi connectivity index (χ4n) is 2.84. The van der Waals surface area contributed by atoms with Crippen molar-refractivity contribution in [2.45, 2.75) is 12.5 Å². The number of hydrogen-bond donors (Lipinski definition) is 2. The largest absolute Gasteiger partial charge is 0.493 e. The van der Waals surface area contributed by atoms with Crippen molar-refractivity contribution in [1.82, 2.24) is 5.32 Å². The Morgan fingerprint density at radius 2 is 1.96 bits per heavy atom. The monoisotopic (exact) mass is 385 g/mol. The molecule has 2 aliphatic heterocycles. The van der Waals surface area contributed by atoms with E-state index in [0.29, 0.717) is 16.4 Å². The molecule has 1 atom stereocenters. The standard InChI is InChI=1S/C16H19N3O4S.ClH/c1-22-12-5-9(6-14-15(20)18-16(21)24-14)11(7-13(12)23-2)19-4-3-10(17)8-19;/h5-7,10H,3-4,8,17H2,1-2H3,(H,18,20,21);1H/b14-6-;/t10-;/m0./s1. The normalized spacial score (nSPS) is 21.3. The smallest absolute Gasteiger partial charge is 0.290 e. The van der Waals surface area contributed by atoms with Crippen molar-refractivity contribution in [3.05, 3.63) is 22.6 Å². The number of nitrogens with two attached hydrogens (primary N) is 1. The topological polar surface area (TPSA) is 93.9 Å². The Morgan fingerprint density at radius 3 is 2.48 bits per heavy atom. The van der Waals surface area contributed by atoms with Crippen LogP contribution in [0, 0.1) is 0 Å². The summed E-state index contributed by atoms with van der Waals surface area (Å²) in [6.45, 7) is 1.55. The fourth-order valence-corrected chi connectivity index (χ4v) is 3.51. The van der Waals surface area contributed by atoms with Gasteiger partial charge in [0.25, 0.3) is 11.1 Å². The second-order valence-electron chi connectivity index (χ2n) is 5.61. The highest BCUT2D eigenvalue weighted by Gasteiger charge is 2.27. The zero-order valence-electron chi connectivity index (χ0n) is 13.9. The van der Waals surface area contributed by atoms with Crippen LogP contribution < -0.4 is 25.4 Å². The number of benzene rings is 1. The summed E-state index contributed by atoms with van der Waals surface area (Å²) >= 11 is 0.890. The third-order valence-electron chi connectivity index (χ3n) is 4.03. The van der Waals surface area contributed by atoms with Crippen LogP contribution in [-0.4, -0.2) is 44.5 Å². The molecule has 136 valence electrons. The number of imide groups is 1.